The van der Waals surface area contributed by atoms with Gasteiger partial charge in [0.1, 0.15) is 5.82 Å². The van der Waals surface area contributed by atoms with Crippen LogP contribution in [0.25, 0.3) is 22.4 Å². The maximum atomic E-state index is 12.6. The summed E-state index contributed by atoms with van der Waals surface area (Å²) in [6, 6.07) is 5.20. The number of hydrogen-bond donors (Lipinski definition) is 2. The molecule has 0 unspecified atom stereocenters. The van der Waals surface area contributed by atoms with E-state index in [0.29, 0.717) is 27.4 Å². The molecule has 0 saturated carbocycles. The highest BCUT2D eigenvalue weighted by atomic mass is 32.1. The molecule has 3 N–H and O–H groups in total. The molecule has 0 aliphatic rings. The third kappa shape index (κ3) is 2.06. The van der Waals surface area contributed by atoms with Crippen LogP contribution in [-0.4, -0.2) is 9.97 Å². The van der Waals surface area contributed by atoms with Gasteiger partial charge in [0.25, 0.3) is 0 Å². The lowest BCUT2D eigenvalue weighted by Crippen LogP contribution is -2.04. The van der Waals surface area contributed by atoms with E-state index in [2.05, 4.69) is 9.97 Å². The highest BCUT2D eigenvalue weighted by Gasteiger charge is 2.30. The van der Waals surface area contributed by atoms with E-state index in [-0.39, 0.29) is 0 Å². The molecule has 3 rings (SSSR count). The molecule has 3 aromatic rings. The van der Waals surface area contributed by atoms with Crippen LogP contribution in [0, 0.1) is 0 Å². The SMILES string of the molecule is Nc1sccc1-c1nc2ccc(C(F)(F)F)cc2[nH]1. The zero-order chi connectivity index (χ0) is 13.6. The number of nitrogens with one attached hydrogen (secondary N) is 1. The predicted molar refractivity (Wildman–Crippen MR) is 68.8 cm³/mol. The molecule has 0 spiro atoms. The monoisotopic (exact) mass is 283 g/mol. The van der Waals surface area contributed by atoms with Gasteiger partial charge >= 0.3 is 6.18 Å². The van der Waals surface area contributed by atoms with Crippen LogP contribution in [0.15, 0.2) is 29.6 Å². The standard InChI is InChI=1S/C12H8F3N3S/c13-12(14,15)6-1-2-8-9(5-6)18-11(17-8)7-3-4-19-10(7)16/h1-5H,16H2,(H,17,18). The number of alkyl halides is 3. The number of H-pyrrole nitrogens is 1. The fraction of sp³-hybridized carbons (Fsp3) is 0.0833. The van der Waals surface area contributed by atoms with Crippen molar-refractivity contribution in [2.24, 2.45) is 0 Å². The first-order valence-corrected chi connectivity index (χ1v) is 6.23. The van der Waals surface area contributed by atoms with Gasteiger partial charge < -0.3 is 10.7 Å². The van der Waals surface area contributed by atoms with Crippen LogP contribution in [-0.2, 0) is 6.18 Å². The number of rotatable bonds is 1. The fourth-order valence-corrected chi connectivity index (χ4v) is 2.47. The third-order valence-corrected chi connectivity index (χ3v) is 3.51. The van der Waals surface area contributed by atoms with Gasteiger partial charge in [-0.05, 0) is 29.6 Å². The number of hydrogen-bond acceptors (Lipinski definition) is 3. The Hall–Kier alpha value is -2.02. The van der Waals surface area contributed by atoms with Gasteiger partial charge in [0, 0.05) is 0 Å². The molecular formula is C12H8F3N3S. The van der Waals surface area contributed by atoms with Crippen LogP contribution < -0.4 is 5.73 Å². The van der Waals surface area contributed by atoms with E-state index in [4.69, 9.17) is 5.73 Å². The number of benzene rings is 1. The van der Waals surface area contributed by atoms with Gasteiger partial charge in [-0.15, -0.1) is 11.3 Å². The van der Waals surface area contributed by atoms with Gasteiger partial charge in [-0.3, -0.25) is 0 Å². The molecule has 7 heteroatoms. The molecule has 0 bridgehead atoms. The molecule has 98 valence electrons. The lowest BCUT2D eigenvalue weighted by molar-refractivity contribution is -0.137. The highest BCUT2D eigenvalue weighted by Crippen LogP contribution is 2.33. The number of anilines is 1. The maximum absolute atomic E-state index is 12.6. The molecule has 0 aliphatic carbocycles. The minimum Gasteiger partial charge on any atom is -0.390 e. The molecule has 0 saturated heterocycles. The minimum absolute atomic E-state index is 0.343. The molecule has 0 radical (unpaired) electrons. The number of imidazole rings is 1. The van der Waals surface area contributed by atoms with Gasteiger partial charge in [0.15, 0.2) is 0 Å². The van der Waals surface area contributed by atoms with Gasteiger partial charge in [-0.1, -0.05) is 0 Å². The largest absolute Gasteiger partial charge is 0.416 e. The van der Waals surface area contributed by atoms with E-state index in [1.165, 1.54) is 17.4 Å². The first-order chi connectivity index (χ1) is 8.95. The Bertz CT molecular complexity index is 742. The molecular weight excluding hydrogens is 275 g/mol. The highest BCUT2D eigenvalue weighted by molar-refractivity contribution is 7.14. The van der Waals surface area contributed by atoms with Crippen molar-refractivity contribution in [2.75, 3.05) is 5.73 Å². The summed E-state index contributed by atoms with van der Waals surface area (Å²) >= 11 is 1.35. The van der Waals surface area contributed by atoms with Gasteiger partial charge in [-0.2, -0.15) is 13.2 Å². The Balaban J connectivity index is 2.14. The Morgan fingerprint density at radius 3 is 2.63 bits per heavy atom. The zero-order valence-electron chi connectivity index (χ0n) is 9.45. The average molecular weight is 283 g/mol. The Kier molecular flexibility index (Phi) is 2.53. The maximum Gasteiger partial charge on any atom is 0.416 e. The minimum atomic E-state index is -4.36. The Morgan fingerprint density at radius 1 is 1.21 bits per heavy atom. The van der Waals surface area contributed by atoms with Crippen LogP contribution in [0.1, 0.15) is 5.56 Å². The number of fused-ring (bicyclic) bond motifs is 1. The van der Waals surface area contributed by atoms with Crippen LogP contribution in [0.4, 0.5) is 18.2 Å². The predicted octanol–water partition coefficient (Wildman–Crippen LogP) is 3.89. The first kappa shape index (κ1) is 12.0. The van der Waals surface area contributed by atoms with E-state index in [1.54, 1.807) is 11.4 Å². The Labute approximate surface area is 109 Å². The van der Waals surface area contributed by atoms with Crippen LogP contribution in [0.5, 0.6) is 0 Å². The van der Waals surface area contributed by atoms with Crippen molar-refractivity contribution >= 4 is 27.4 Å². The molecule has 1 aromatic carbocycles. The summed E-state index contributed by atoms with van der Waals surface area (Å²) in [5.41, 5.74) is 6.60. The van der Waals surface area contributed by atoms with Crippen molar-refractivity contribution < 1.29 is 13.2 Å². The number of nitrogen functional groups attached to an aromatic ring is 1. The third-order valence-electron chi connectivity index (χ3n) is 2.76. The van der Waals surface area contributed by atoms with Crippen molar-refractivity contribution in [1.29, 1.82) is 0 Å². The fourth-order valence-electron chi connectivity index (χ4n) is 1.83. The van der Waals surface area contributed by atoms with Gasteiger partial charge in [0.05, 0.1) is 27.2 Å². The second-order valence-electron chi connectivity index (χ2n) is 4.01. The Morgan fingerprint density at radius 2 is 2.00 bits per heavy atom. The molecule has 0 aliphatic heterocycles. The van der Waals surface area contributed by atoms with Crippen LogP contribution in [0.3, 0.4) is 0 Å². The van der Waals surface area contributed by atoms with Gasteiger partial charge in [0.2, 0.25) is 0 Å². The molecule has 3 nitrogen and oxygen atoms in total. The van der Waals surface area contributed by atoms with E-state index in [0.717, 1.165) is 12.1 Å². The number of nitrogens with zero attached hydrogens (tertiary/aromatic N) is 1. The molecule has 2 aromatic heterocycles. The summed E-state index contributed by atoms with van der Waals surface area (Å²) in [5.74, 6) is 0.480. The van der Waals surface area contributed by atoms with Crippen molar-refractivity contribution in [1.82, 2.24) is 9.97 Å². The van der Waals surface area contributed by atoms with Crippen LogP contribution in [0.2, 0.25) is 0 Å². The van der Waals surface area contributed by atoms with Gasteiger partial charge in [-0.25, -0.2) is 4.98 Å². The number of aromatic amines is 1. The molecule has 0 amide bonds. The number of halogens is 3. The topological polar surface area (TPSA) is 54.7 Å². The molecule has 2 heterocycles. The van der Waals surface area contributed by atoms with E-state index in [9.17, 15) is 13.2 Å². The van der Waals surface area contributed by atoms with Crippen LogP contribution >= 0.6 is 11.3 Å². The molecule has 0 fully saturated rings. The summed E-state index contributed by atoms with van der Waals surface area (Å²) in [7, 11) is 0. The summed E-state index contributed by atoms with van der Waals surface area (Å²) in [6.07, 6.45) is -4.36. The first-order valence-electron chi connectivity index (χ1n) is 5.35. The van der Waals surface area contributed by atoms with E-state index in [1.807, 2.05) is 0 Å². The van der Waals surface area contributed by atoms with Crippen molar-refractivity contribution in [3.8, 4) is 11.4 Å². The van der Waals surface area contributed by atoms with Crippen molar-refractivity contribution in [3.63, 3.8) is 0 Å². The summed E-state index contributed by atoms with van der Waals surface area (Å²) in [4.78, 5) is 7.11. The van der Waals surface area contributed by atoms with E-state index >= 15 is 0 Å². The zero-order valence-corrected chi connectivity index (χ0v) is 10.3. The summed E-state index contributed by atoms with van der Waals surface area (Å²) in [6.45, 7) is 0. The summed E-state index contributed by atoms with van der Waals surface area (Å²) < 4.78 is 37.8. The normalized spacial score (nSPS) is 12.2. The second kappa shape index (κ2) is 3.99. The average Bonchev–Trinajstić information content (AvgIpc) is 2.91. The van der Waals surface area contributed by atoms with Crippen molar-refractivity contribution in [3.05, 3.63) is 35.2 Å². The molecule has 19 heavy (non-hydrogen) atoms. The smallest absolute Gasteiger partial charge is 0.390 e. The van der Waals surface area contributed by atoms with Crippen molar-refractivity contribution in [2.45, 2.75) is 6.18 Å². The lowest BCUT2D eigenvalue weighted by atomic mass is 10.2. The quantitative estimate of drug-likeness (QED) is 0.711. The molecule has 0 atom stereocenters. The number of thiophene rings is 1. The lowest BCUT2D eigenvalue weighted by Gasteiger charge is -2.05. The summed E-state index contributed by atoms with van der Waals surface area (Å²) in [5, 5.41) is 2.38. The second-order valence-corrected chi connectivity index (χ2v) is 4.96. The number of aromatic nitrogens is 2. The van der Waals surface area contributed by atoms with E-state index < -0.39 is 11.7 Å². The number of nitrogens with two attached hydrogens (primary N) is 1.